The number of hydrogen-bond donors (Lipinski definition) is 3. The summed E-state index contributed by atoms with van der Waals surface area (Å²) in [6.45, 7) is 4.54. The second-order valence-electron chi connectivity index (χ2n) is 27.3. The number of allylic oxidation sites excluding steroid dienone is 26. The quantitative estimate of drug-likeness (QED) is 0.0169. The molecule has 0 radical (unpaired) electrons. The van der Waals surface area contributed by atoms with Crippen LogP contribution in [0.15, 0.2) is 158 Å². The topological polar surface area (TPSA) is 237 Å². The third-order valence-corrected chi connectivity index (χ3v) is 18.9. The number of unbranched alkanes of at least 4 members (excludes halogenated alkanes) is 25. The average Bonchev–Trinajstić information content (AvgIpc) is 0.900. The fraction of sp³-hybridized carbons (Fsp3) is 0.663. The highest BCUT2D eigenvalue weighted by Crippen LogP contribution is 2.45. The third-order valence-electron chi connectivity index (χ3n) is 17.0. The Morgan fingerprint density at radius 1 is 0.269 bits per heavy atom. The summed E-state index contributed by atoms with van der Waals surface area (Å²) in [7, 11) is -10.0. The minimum atomic E-state index is -5.02. The maximum Gasteiger partial charge on any atom is 0.472 e. The first kappa shape index (κ1) is 103. The molecule has 0 aromatic heterocycles. The fourth-order valence-corrected chi connectivity index (χ4v) is 12.2. The lowest BCUT2D eigenvalue weighted by atomic mass is 10.1. The zero-order valence-corrected chi connectivity index (χ0v) is 69.3. The van der Waals surface area contributed by atoms with Crippen LogP contribution < -0.4 is 0 Å². The molecule has 19 heteroatoms. The zero-order valence-electron chi connectivity index (χ0n) is 67.5. The molecule has 0 heterocycles. The number of esters is 4. The van der Waals surface area contributed by atoms with Gasteiger partial charge in [-0.25, -0.2) is 9.13 Å². The lowest BCUT2D eigenvalue weighted by Crippen LogP contribution is -2.30. The van der Waals surface area contributed by atoms with Gasteiger partial charge in [-0.15, -0.1) is 0 Å². The number of rotatable bonds is 77. The predicted molar refractivity (Wildman–Crippen MR) is 445 cm³/mol. The van der Waals surface area contributed by atoms with Crippen molar-refractivity contribution in [1.82, 2.24) is 0 Å². The van der Waals surface area contributed by atoms with Gasteiger partial charge in [0.05, 0.1) is 26.4 Å². The molecule has 616 valence electrons. The van der Waals surface area contributed by atoms with Crippen molar-refractivity contribution in [2.75, 3.05) is 39.6 Å². The summed E-state index contributed by atoms with van der Waals surface area (Å²) < 4.78 is 68.5. The standard InChI is InChI=1S/C89H148O17P2/c1-5-9-13-17-21-25-29-33-37-39-41-43-47-50-54-58-62-66-70-74-87(92)100-80-85(106-89(94)76-72-68-64-60-56-52-48-44-42-40-38-34-30-26-22-18-14-10-6-2)82-104-108(97,98)102-78-83(90)77-101-107(95,96)103-81-84(105-88(93)75-71-67-63-59-55-51-46-36-32-28-24-20-16-12-8-4)79-99-86(91)73-69-65-61-57-53-49-45-35-31-27-23-19-15-11-7-3/h10,14,21-22,25-27,31,33-34,36-38,41-44,46,50,52,54,56,62,64,66,68,83-85,90H,5-9,11-13,15-20,23-24,28-30,32,35,39-40,45,47-49,51,53,55,57-61,63,65,67,69-82H2,1-4H3,(H,95,96)(H,97,98)/b14-10-,25-21-,26-22-,31-27-,37-33-,38-34-,43-41-,44-42-,46-36-,54-50-,56-52-,66-62-,68-64-/t83-,84+,85+/m0/s1. The summed E-state index contributed by atoms with van der Waals surface area (Å²) in [4.78, 5) is 73.1. The Hall–Kier alpha value is -5.32. The molecule has 0 rings (SSSR count). The smallest absolute Gasteiger partial charge is 0.462 e. The van der Waals surface area contributed by atoms with E-state index < -0.39 is 97.5 Å². The molecule has 0 bridgehead atoms. The van der Waals surface area contributed by atoms with Gasteiger partial charge in [0, 0.05) is 25.7 Å². The van der Waals surface area contributed by atoms with E-state index in [-0.39, 0.29) is 25.7 Å². The van der Waals surface area contributed by atoms with Crippen molar-refractivity contribution < 1.29 is 80.2 Å². The van der Waals surface area contributed by atoms with E-state index in [1.54, 1.807) is 0 Å². The van der Waals surface area contributed by atoms with Gasteiger partial charge in [-0.05, 0) is 154 Å². The van der Waals surface area contributed by atoms with E-state index in [2.05, 4.69) is 149 Å². The Kier molecular flexibility index (Phi) is 75.8. The highest BCUT2D eigenvalue weighted by Gasteiger charge is 2.30. The number of ether oxygens (including phenoxy) is 4. The van der Waals surface area contributed by atoms with Gasteiger partial charge in [0.1, 0.15) is 19.3 Å². The molecule has 17 nitrogen and oxygen atoms in total. The van der Waals surface area contributed by atoms with Gasteiger partial charge in [-0.2, -0.15) is 0 Å². The van der Waals surface area contributed by atoms with E-state index in [4.69, 9.17) is 37.0 Å². The lowest BCUT2D eigenvalue weighted by Gasteiger charge is -2.21. The van der Waals surface area contributed by atoms with Gasteiger partial charge >= 0.3 is 39.5 Å². The first-order chi connectivity index (χ1) is 52.7. The third kappa shape index (κ3) is 78.8. The molecule has 0 aliphatic rings. The van der Waals surface area contributed by atoms with Crippen molar-refractivity contribution in [2.24, 2.45) is 0 Å². The molecule has 0 aliphatic heterocycles. The number of phosphoric ester groups is 2. The first-order valence-corrected chi connectivity index (χ1v) is 44.7. The Balaban J connectivity index is 5.53. The molecule has 0 saturated heterocycles. The van der Waals surface area contributed by atoms with Crippen LogP contribution in [0.1, 0.15) is 323 Å². The Morgan fingerprint density at radius 2 is 0.500 bits per heavy atom. The molecule has 0 aromatic carbocycles. The molecule has 0 spiro atoms. The van der Waals surface area contributed by atoms with Gasteiger partial charge in [0.2, 0.25) is 0 Å². The van der Waals surface area contributed by atoms with Crippen molar-refractivity contribution in [1.29, 1.82) is 0 Å². The maximum atomic E-state index is 13.1. The zero-order chi connectivity index (χ0) is 78.9. The summed E-state index contributed by atoms with van der Waals surface area (Å²) in [6.07, 6.45) is 93.9. The summed E-state index contributed by atoms with van der Waals surface area (Å²) in [5.74, 6) is -2.39. The van der Waals surface area contributed by atoms with E-state index in [0.29, 0.717) is 38.5 Å². The van der Waals surface area contributed by atoms with Crippen molar-refractivity contribution in [3.05, 3.63) is 158 Å². The Bertz CT molecular complexity index is 2660. The minimum absolute atomic E-state index is 0.0168. The van der Waals surface area contributed by atoms with Crippen molar-refractivity contribution >= 4 is 39.5 Å². The number of aliphatic hydroxyl groups is 1. The van der Waals surface area contributed by atoms with Crippen LogP contribution >= 0.6 is 15.6 Å². The van der Waals surface area contributed by atoms with E-state index in [0.717, 1.165) is 135 Å². The monoisotopic (exact) mass is 1550 g/mol. The van der Waals surface area contributed by atoms with Crippen LogP contribution in [0.4, 0.5) is 0 Å². The van der Waals surface area contributed by atoms with Crippen LogP contribution in [0, 0.1) is 0 Å². The highest BCUT2D eigenvalue weighted by molar-refractivity contribution is 7.47. The van der Waals surface area contributed by atoms with Gasteiger partial charge in [-0.1, -0.05) is 301 Å². The Morgan fingerprint density at radius 3 is 0.852 bits per heavy atom. The van der Waals surface area contributed by atoms with E-state index in [1.165, 1.54) is 96.3 Å². The van der Waals surface area contributed by atoms with Crippen LogP contribution in [0.25, 0.3) is 0 Å². The largest absolute Gasteiger partial charge is 0.472 e. The Labute approximate surface area is 655 Å². The molecule has 2 unspecified atom stereocenters. The molecular formula is C89H148O17P2. The number of aliphatic hydroxyl groups excluding tert-OH is 1. The summed E-state index contributed by atoms with van der Waals surface area (Å²) in [5, 5.41) is 10.7. The van der Waals surface area contributed by atoms with Crippen LogP contribution in [0.3, 0.4) is 0 Å². The number of phosphoric acid groups is 2. The number of hydrogen-bond acceptors (Lipinski definition) is 15. The molecule has 5 atom stereocenters. The molecule has 108 heavy (non-hydrogen) atoms. The predicted octanol–water partition coefficient (Wildman–Crippen LogP) is 24.8. The molecule has 3 N–H and O–H groups in total. The van der Waals surface area contributed by atoms with E-state index in [1.807, 2.05) is 36.5 Å². The highest BCUT2D eigenvalue weighted by atomic mass is 31.2. The minimum Gasteiger partial charge on any atom is -0.462 e. The molecule has 0 fully saturated rings. The SMILES string of the molecule is CC/C=C\C/C=C\C/C=C\C/C=C\C/C=C\C/C=C\CCC(=O)O[C@H](COC(=O)CC/C=C\C/C=C\C/C=C\C/C=C\C/C=C\CCCCC)COP(=O)(O)OC[C@@H](O)COP(=O)(O)OC[C@@H](COC(=O)CCCCCCCCC/C=C\CCCCCC)OC(=O)CCCCCCC/C=C\CCCCCCCC. The number of carbonyl (C=O) groups excluding carboxylic acids is 4. The van der Waals surface area contributed by atoms with Gasteiger partial charge in [0.15, 0.2) is 12.2 Å². The molecule has 0 saturated carbocycles. The van der Waals surface area contributed by atoms with Crippen LogP contribution in [0.2, 0.25) is 0 Å². The van der Waals surface area contributed by atoms with Gasteiger partial charge < -0.3 is 33.8 Å². The normalized spacial score (nSPS) is 14.6. The van der Waals surface area contributed by atoms with Crippen molar-refractivity contribution in [3.63, 3.8) is 0 Å². The van der Waals surface area contributed by atoms with Crippen molar-refractivity contribution in [3.8, 4) is 0 Å². The fourth-order valence-electron chi connectivity index (χ4n) is 10.6. The molecular weight excluding hydrogens is 1400 g/mol. The summed E-state index contributed by atoms with van der Waals surface area (Å²) >= 11 is 0. The second-order valence-corrected chi connectivity index (χ2v) is 30.2. The molecule has 0 aromatic rings. The number of carbonyl (C=O) groups is 4. The molecule has 0 amide bonds. The maximum absolute atomic E-state index is 13.1. The van der Waals surface area contributed by atoms with Crippen LogP contribution in [-0.2, 0) is 65.4 Å². The summed E-state index contributed by atoms with van der Waals surface area (Å²) in [5.41, 5.74) is 0. The van der Waals surface area contributed by atoms with Gasteiger partial charge in [0.25, 0.3) is 0 Å². The van der Waals surface area contributed by atoms with Crippen LogP contribution in [0.5, 0.6) is 0 Å². The van der Waals surface area contributed by atoms with Gasteiger partial charge in [-0.3, -0.25) is 37.3 Å². The van der Waals surface area contributed by atoms with Crippen molar-refractivity contribution in [2.45, 2.75) is 341 Å². The average molecular weight is 1550 g/mol. The molecule has 0 aliphatic carbocycles. The lowest BCUT2D eigenvalue weighted by molar-refractivity contribution is -0.161. The van der Waals surface area contributed by atoms with E-state index >= 15 is 0 Å². The summed E-state index contributed by atoms with van der Waals surface area (Å²) in [6, 6.07) is 0. The first-order valence-electron chi connectivity index (χ1n) is 41.7. The second kappa shape index (κ2) is 79.8. The van der Waals surface area contributed by atoms with Crippen LogP contribution in [-0.4, -0.2) is 96.7 Å². The van der Waals surface area contributed by atoms with E-state index in [9.17, 15) is 43.2 Å².